The minimum Gasteiger partial charge on any atom is -0.353 e. The van der Waals surface area contributed by atoms with E-state index in [4.69, 9.17) is 0 Å². The Hall–Kier alpha value is -2.66. The van der Waals surface area contributed by atoms with E-state index >= 15 is 0 Å². The number of nitrogens with zero attached hydrogens (tertiary/aromatic N) is 1. The third-order valence-electron chi connectivity index (χ3n) is 5.48. The van der Waals surface area contributed by atoms with Crippen LogP contribution in [-0.4, -0.2) is 35.3 Å². The molecule has 0 unspecified atom stereocenters. The summed E-state index contributed by atoms with van der Waals surface area (Å²) in [5.74, 6) is -0.222. The molecule has 2 aromatic rings. The van der Waals surface area contributed by atoms with Crippen molar-refractivity contribution in [2.45, 2.75) is 32.4 Å². The summed E-state index contributed by atoms with van der Waals surface area (Å²) in [6.07, 6.45) is 0.760. The molecule has 5 nitrogen and oxygen atoms in total. The Morgan fingerprint density at radius 2 is 1.92 bits per heavy atom. The van der Waals surface area contributed by atoms with Crippen molar-refractivity contribution >= 4 is 17.5 Å². The van der Waals surface area contributed by atoms with Gasteiger partial charge in [-0.25, -0.2) is 0 Å². The Morgan fingerprint density at radius 3 is 2.72 bits per heavy atom. The monoisotopic (exact) mass is 336 g/mol. The molecule has 0 aliphatic carbocycles. The first-order valence-electron chi connectivity index (χ1n) is 8.63. The molecule has 25 heavy (non-hydrogen) atoms. The van der Waals surface area contributed by atoms with Crippen molar-refractivity contribution in [3.05, 3.63) is 53.1 Å². The molecule has 2 aliphatic heterocycles. The highest BCUT2D eigenvalue weighted by Gasteiger charge is 2.45. The van der Waals surface area contributed by atoms with E-state index in [0.717, 1.165) is 17.5 Å². The molecule has 128 valence electrons. The van der Waals surface area contributed by atoms with Gasteiger partial charge in [-0.2, -0.15) is 0 Å². The number of carbonyl (C=O) groups is 2. The Labute approximate surface area is 146 Å². The van der Waals surface area contributed by atoms with Gasteiger partial charge in [0, 0.05) is 13.0 Å². The summed E-state index contributed by atoms with van der Waals surface area (Å²) in [6, 6.07) is 11.3. The Kier molecular flexibility index (Phi) is 3.62. The molecule has 2 aliphatic rings. The van der Waals surface area contributed by atoms with E-state index in [2.05, 4.69) is 37.0 Å². The van der Waals surface area contributed by atoms with Gasteiger partial charge in [0.25, 0.3) is 11.8 Å². The maximum Gasteiger partial charge on any atom is 0.256 e. The smallest absolute Gasteiger partial charge is 0.256 e. The normalized spacial score (nSPS) is 22.3. The number of aryl methyl sites for hydroxylation is 1. The SMILES string of the molecule is Cc1cccc(-c2ccc3c(c2)C(=O)N2CC[C@H]([NH3+])[C@H]2C(=O)N3)c1C. The van der Waals surface area contributed by atoms with Gasteiger partial charge in [0.1, 0.15) is 6.04 Å². The van der Waals surface area contributed by atoms with E-state index in [0.29, 0.717) is 17.8 Å². The number of hydrogen-bond acceptors (Lipinski definition) is 2. The first-order valence-corrected chi connectivity index (χ1v) is 8.63. The van der Waals surface area contributed by atoms with E-state index in [1.807, 2.05) is 24.3 Å². The molecular formula is C20H22N3O2+. The topological polar surface area (TPSA) is 77.1 Å². The number of carbonyl (C=O) groups excluding carboxylic acids is 2. The summed E-state index contributed by atoms with van der Waals surface area (Å²) in [5, 5.41) is 2.92. The molecular weight excluding hydrogens is 314 g/mol. The highest BCUT2D eigenvalue weighted by atomic mass is 16.2. The van der Waals surface area contributed by atoms with E-state index in [-0.39, 0.29) is 17.9 Å². The van der Waals surface area contributed by atoms with E-state index in [1.54, 1.807) is 4.90 Å². The van der Waals surface area contributed by atoms with Crippen LogP contribution in [-0.2, 0) is 4.79 Å². The fourth-order valence-corrected chi connectivity index (χ4v) is 3.86. The van der Waals surface area contributed by atoms with Crippen LogP contribution in [0.3, 0.4) is 0 Å². The first-order chi connectivity index (χ1) is 12.0. The predicted octanol–water partition coefficient (Wildman–Crippen LogP) is 1.75. The second-order valence-electron chi connectivity index (χ2n) is 6.99. The van der Waals surface area contributed by atoms with E-state index in [1.165, 1.54) is 11.1 Å². The number of hydrogen-bond donors (Lipinski definition) is 2. The number of amides is 2. The fourth-order valence-electron chi connectivity index (χ4n) is 3.86. The molecule has 4 rings (SSSR count). The van der Waals surface area contributed by atoms with Crippen LogP contribution in [0.5, 0.6) is 0 Å². The summed E-state index contributed by atoms with van der Waals surface area (Å²) in [6.45, 7) is 4.75. The largest absolute Gasteiger partial charge is 0.353 e. The number of benzene rings is 2. The standard InChI is InChI=1S/C20H21N3O2/c1-11-4-3-5-14(12(11)2)13-6-7-17-15(10-13)20(25)23-9-8-16(21)18(23)19(24)22-17/h3-7,10,16,18H,8-9,21H2,1-2H3,(H,22,24)/p+1/t16-,18-/m0/s1. The Morgan fingerprint density at radius 1 is 1.12 bits per heavy atom. The van der Waals surface area contributed by atoms with Gasteiger partial charge in [-0.3, -0.25) is 9.59 Å². The number of fused-ring (bicyclic) bond motifs is 2. The summed E-state index contributed by atoms with van der Waals surface area (Å²) in [5.41, 5.74) is 9.71. The molecule has 0 saturated carbocycles. The van der Waals surface area contributed by atoms with E-state index in [9.17, 15) is 9.59 Å². The highest BCUT2D eigenvalue weighted by Crippen LogP contribution is 2.33. The zero-order chi connectivity index (χ0) is 17.7. The van der Waals surface area contributed by atoms with E-state index < -0.39 is 6.04 Å². The lowest BCUT2D eigenvalue weighted by Gasteiger charge is -2.20. The van der Waals surface area contributed by atoms with Crippen LogP contribution in [0.4, 0.5) is 5.69 Å². The third kappa shape index (κ3) is 2.43. The van der Waals surface area contributed by atoms with Crippen molar-refractivity contribution in [3.63, 3.8) is 0 Å². The van der Waals surface area contributed by atoms with Gasteiger partial charge in [-0.15, -0.1) is 0 Å². The summed E-state index contributed by atoms with van der Waals surface area (Å²) in [4.78, 5) is 27.2. The molecule has 2 heterocycles. The molecule has 0 aromatic heterocycles. The van der Waals surface area contributed by atoms with Crippen LogP contribution in [0.1, 0.15) is 27.9 Å². The molecule has 0 radical (unpaired) electrons. The van der Waals surface area contributed by atoms with Crippen molar-refractivity contribution < 1.29 is 15.3 Å². The van der Waals surface area contributed by atoms with Crippen LogP contribution in [0.2, 0.25) is 0 Å². The number of nitrogens with one attached hydrogen (secondary N) is 1. The van der Waals surface area contributed by atoms with Crippen molar-refractivity contribution in [2.24, 2.45) is 0 Å². The number of anilines is 1. The molecule has 0 spiro atoms. The maximum absolute atomic E-state index is 13.1. The lowest BCUT2D eigenvalue weighted by Crippen LogP contribution is -2.68. The fraction of sp³-hybridized carbons (Fsp3) is 0.300. The molecule has 1 fully saturated rings. The van der Waals surface area contributed by atoms with Gasteiger partial charge in [0.05, 0.1) is 11.3 Å². The second-order valence-corrected chi connectivity index (χ2v) is 6.99. The minimum atomic E-state index is -0.468. The number of rotatable bonds is 1. The Balaban J connectivity index is 1.82. The van der Waals surface area contributed by atoms with Crippen LogP contribution in [0, 0.1) is 13.8 Å². The summed E-state index contributed by atoms with van der Waals surface area (Å²) < 4.78 is 0. The van der Waals surface area contributed by atoms with Crippen molar-refractivity contribution in [2.75, 3.05) is 11.9 Å². The zero-order valence-corrected chi connectivity index (χ0v) is 14.5. The summed E-state index contributed by atoms with van der Waals surface area (Å²) >= 11 is 0. The van der Waals surface area contributed by atoms with Crippen molar-refractivity contribution in [1.29, 1.82) is 0 Å². The van der Waals surface area contributed by atoms with Crippen LogP contribution in [0.25, 0.3) is 11.1 Å². The van der Waals surface area contributed by atoms with Gasteiger partial charge in [-0.05, 0) is 48.2 Å². The zero-order valence-electron chi connectivity index (χ0n) is 14.5. The highest BCUT2D eigenvalue weighted by molar-refractivity contribution is 6.11. The molecule has 5 heteroatoms. The molecule has 4 N–H and O–H groups in total. The van der Waals surface area contributed by atoms with Crippen molar-refractivity contribution in [1.82, 2.24) is 4.90 Å². The van der Waals surface area contributed by atoms with Crippen molar-refractivity contribution in [3.8, 4) is 11.1 Å². The lowest BCUT2D eigenvalue weighted by atomic mass is 9.95. The van der Waals surface area contributed by atoms with Gasteiger partial charge in [0.2, 0.25) is 0 Å². The molecule has 0 bridgehead atoms. The average molecular weight is 336 g/mol. The Bertz CT molecular complexity index is 891. The molecule has 1 saturated heterocycles. The molecule has 2 atom stereocenters. The number of quaternary nitrogens is 1. The quantitative estimate of drug-likeness (QED) is 0.832. The van der Waals surface area contributed by atoms with Crippen LogP contribution in [0.15, 0.2) is 36.4 Å². The second kappa shape index (κ2) is 5.70. The predicted molar refractivity (Wildman–Crippen MR) is 96.1 cm³/mol. The molecule has 2 aromatic carbocycles. The van der Waals surface area contributed by atoms with Gasteiger partial charge in [0.15, 0.2) is 6.04 Å². The van der Waals surface area contributed by atoms with Crippen LogP contribution < -0.4 is 11.1 Å². The first kappa shape index (κ1) is 15.8. The van der Waals surface area contributed by atoms with Gasteiger partial charge < -0.3 is 16.0 Å². The maximum atomic E-state index is 13.1. The molecule has 2 amide bonds. The van der Waals surface area contributed by atoms with Crippen LogP contribution >= 0.6 is 0 Å². The third-order valence-corrected chi connectivity index (χ3v) is 5.48. The van der Waals surface area contributed by atoms with Gasteiger partial charge >= 0.3 is 0 Å². The minimum absolute atomic E-state index is 0.0586. The average Bonchev–Trinajstić information content (AvgIpc) is 2.94. The van der Waals surface area contributed by atoms with Gasteiger partial charge in [-0.1, -0.05) is 24.3 Å². The lowest BCUT2D eigenvalue weighted by molar-refractivity contribution is -0.419. The summed E-state index contributed by atoms with van der Waals surface area (Å²) in [7, 11) is 0.